The molecule has 5 nitrogen and oxygen atoms in total. The maximum absolute atomic E-state index is 10.4. The molecule has 0 amide bonds. The lowest BCUT2D eigenvalue weighted by atomic mass is 11.0. The van der Waals surface area contributed by atoms with Crippen LogP contribution < -0.4 is 5.84 Å². The molecule has 1 aliphatic rings. The van der Waals surface area contributed by atoms with Gasteiger partial charge in [0.15, 0.2) is 0 Å². The van der Waals surface area contributed by atoms with E-state index >= 15 is 0 Å². The third-order valence-electron chi connectivity index (χ3n) is 1.18. The van der Waals surface area contributed by atoms with Gasteiger partial charge in [-0.1, -0.05) is 5.10 Å². The number of isocyanates is 1. The topological polar surface area (TPSA) is 89.6 Å². The molecule has 2 N–H and O–H groups in total. The highest BCUT2D eigenvalue weighted by Crippen LogP contribution is 2.26. The van der Waals surface area contributed by atoms with E-state index in [2.05, 4.69) is 10.9 Å². The largest absolute Gasteiger partial charge is 0.312 e. The Morgan fingerprint density at radius 1 is 1.50 bits per heavy atom. The second-order valence-electron chi connectivity index (χ2n) is 2.25. The molecular formula is C5H11ClN2O3S. The van der Waals surface area contributed by atoms with E-state index in [0.717, 1.165) is 18.9 Å². The molecule has 0 aromatic heterocycles. The van der Waals surface area contributed by atoms with Gasteiger partial charge in [-0.05, 0) is 12.8 Å². The van der Waals surface area contributed by atoms with E-state index < -0.39 is 9.84 Å². The van der Waals surface area contributed by atoms with Crippen molar-refractivity contribution in [3.63, 3.8) is 0 Å². The molecule has 0 aliphatic heterocycles. The van der Waals surface area contributed by atoms with Crippen LogP contribution in [0.4, 0.5) is 0 Å². The molecule has 0 bridgehead atoms. The fourth-order valence-electron chi connectivity index (χ4n) is 0.496. The zero-order valence-electron chi connectivity index (χ0n) is 6.56. The van der Waals surface area contributed by atoms with Gasteiger partial charge in [-0.3, -0.25) is 0 Å². The zero-order valence-corrected chi connectivity index (χ0v) is 8.19. The lowest BCUT2D eigenvalue weighted by molar-refractivity contribution is 0.563. The smallest absolute Gasteiger partial charge is 0.257 e. The third kappa shape index (κ3) is 7.53. The number of nitrogens with zero attached hydrogens (tertiary/aromatic N) is 1. The maximum Gasteiger partial charge on any atom is 0.257 e. The van der Waals surface area contributed by atoms with Crippen molar-refractivity contribution in [3.8, 4) is 0 Å². The van der Waals surface area contributed by atoms with Crippen molar-refractivity contribution < 1.29 is 13.2 Å². The normalized spacial score (nSPS) is 14.4. The summed E-state index contributed by atoms with van der Waals surface area (Å²) in [5.41, 5.74) is 0. The van der Waals surface area contributed by atoms with E-state index in [1.54, 1.807) is 0 Å². The van der Waals surface area contributed by atoms with E-state index in [0.29, 0.717) is 0 Å². The first-order valence-electron chi connectivity index (χ1n) is 2.98. The number of sulfone groups is 1. The molecule has 0 spiro atoms. The van der Waals surface area contributed by atoms with Crippen molar-refractivity contribution in [3.05, 3.63) is 0 Å². The molecule has 1 saturated carbocycles. The Hall–Kier alpha value is -0.580. The van der Waals surface area contributed by atoms with Crippen molar-refractivity contribution >= 4 is 28.3 Å². The van der Waals surface area contributed by atoms with Crippen LogP contribution in [0.2, 0.25) is 0 Å². The van der Waals surface area contributed by atoms with E-state index in [9.17, 15) is 8.42 Å². The van der Waals surface area contributed by atoms with Crippen molar-refractivity contribution in [1.29, 1.82) is 0 Å². The van der Waals surface area contributed by atoms with Gasteiger partial charge in [0.1, 0.15) is 9.84 Å². The van der Waals surface area contributed by atoms with Crippen LogP contribution >= 0.6 is 12.4 Å². The molecule has 0 atom stereocenters. The molecule has 0 aromatic carbocycles. The summed E-state index contributed by atoms with van der Waals surface area (Å²) >= 11 is 0. The Balaban J connectivity index is 0. The predicted octanol–water partition coefficient (Wildman–Crippen LogP) is -0.189. The molecule has 0 aromatic rings. The first kappa shape index (κ1) is 14.0. The monoisotopic (exact) mass is 214 g/mol. The summed E-state index contributed by atoms with van der Waals surface area (Å²) in [6, 6.07) is 0. The number of halogens is 1. The first-order valence-corrected chi connectivity index (χ1v) is 4.93. The molecule has 1 rings (SSSR count). The molecule has 12 heavy (non-hydrogen) atoms. The molecule has 0 heterocycles. The fourth-order valence-corrected chi connectivity index (χ4v) is 1.49. The van der Waals surface area contributed by atoms with Crippen LogP contribution in [0.15, 0.2) is 5.10 Å². The number of hydrogen-bond acceptors (Lipinski definition) is 5. The van der Waals surface area contributed by atoms with Crippen molar-refractivity contribution in [2.75, 3.05) is 6.26 Å². The van der Waals surface area contributed by atoms with E-state index in [4.69, 9.17) is 4.79 Å². The zero-order chi connectivity index (χ0) is 8.91. The number of hydrazone groups is 1. The highest BCUT2D eigenvalue weighted by Gasteiger charge is 2.31. The van der Waals surface area contributed by atoms with Gasteiger partial charge in [-0.15, -0.1) is 12.4 Å². The van der Waals surface area contributed by atoms with Crippen LogP contribution in [-0.2, 0) is 14.6 Å². The van der Waals surface area contributed by atoms with Crippen molar-refractivity contribution in [2.45, 2.75) is 18.1 Å². The van der Waals surface area contributed by atoms with Gasteiger partial charge in [0.2, 0.25) is 0 Å². The summed E-state index contributed by atoms with van der Waals surface area (Å²) < 4.78 is 20.8. The Labute approximate surface area is 77.3 Å². The third-order valence-corrected chi connectivity index (χ3v) is 2.86. The van der Waals surface area contributed by atoms with Gasteiger partial charge in [0.25, 0.3) is 6.08 Å². The SMILES string of the molecule is CS(=O)(=O)C1CC1.Cl.NN=C=O. The summed E-state index contributed by atoms with van der Waals surface area (Å²) in [7, 11) is -2.63. The Bertz CT molecular complexity index is 254. The molecule has 7 heteroatoms. The minimum atomic E-state index is -2.63. The second-order valence-corrected chi connectivity index (χ2v) is 4.57. The summed E-state index contributed by atoms with van der Waals surface area (Å²) in [6.45, 7) is 0. The highest BCUT2D eigenvalue weighted by molar-refractivity contribution is 7.91. The van der Waals surface area contributed by atoms with Crippen LogP contribution in [0.1, 0.15) is 12.8 Å². The molecule has 1 fully saturated rings. The van der Waals surface area contributed by atoms with E-state index in [-0.39, 0.29) is 17.7 Å². The van der Waals surface area contributed by atoms with Crippen LogP contribution in [0.3, 0.4) is 0 Å². The average molecular weight is 215 g/mol. The molecular weight excluding hydrogens is 204 g/mol. The standard InChI is InChI=1S/C4H8O2S.CH2N2O.ClH/c1-7(5,6)4-2-3-4;2-3-1-4;/h4H,2-3H2,1H3;2H2;1H. The lowest BCUT2D eigenvalue weighted by Crippen LogP contribution is -2.01. The van der Waals surface area contributed by atoms with Crippen molar-refractivity contribution in [2.24, 2.45) is 10.9 Å². The number of rotatable bonds is 1. The van der Waals surface area contributed by atoms with Crippen LogP contribution in [0.5, 0.6) is 0 Å². The lowest BCUT2D eigenvalue weighted by Gasteiger charge is -1.84. The van der Waals surface area contributed by atoms with Crippen LogP contribution in [0.25, 0.3) is 0 Å². The molecule has 0 radical (unpaired) electrons. The second kappa shape index (κ2) is 5.99. The average Bonchev–Trinajstić information content (AvgIpc) is 2.67. The molecule has 0 saturated heterocycles. The minimum Gasteiger partial charge on any atom is -0.312 e. The number of nitrogens with two attached hydrogens (primary N) is 1. The van der Waals surface area contributed by atoms with Gasteiger partial charge >= 0.3 is 0 Å². The van der Waals surface area contributed by atoms with Gasteiger partial charge in [-0.25, -0.2) is 13.2 Å². The molecule has 1 aliphatic carbocycles. The van der Waals surface area contributed by atoms with Crippen molar-refractivity contribution in [1.82, 2.24) is 0 Å². The van der Waals surface area contributed by atoms with Crippen LogP contribution in [-0.4, -0.2) is 26.0 Å². The highest BCUT2D eigenvalue weighted by atomic mass is 35.5. The Morgan fingerprint density at radius 3 is 1.83 bits per heavy atom. The molecule has 72 valence electrons. The van der Waals surface area contributed by atoms with Gasteiger partial charge < -0.3 is 5.84 Å². The summed E-state index contributed by atoms with van der Waals surface area (Å²) in [6.07, 6.45) is 4.16. The maximum atomic E-state index is 10.4. The summed E-state index contributed by atoms with van der Waals surface area (Å²) in [4.78, 5) is 8.76. The number of carbonyl (C=O) groups excluding carboxylic acids is 1. The van der Waals surface area contributed by atoms with Gasteiger partial charge in [0, 0.05) is 6.26 Å². The van der Waals surface area contributed by atoms with Gasteiger partial charge in [0.05, 0.1) is 5.25 Å². The quantitative estimate of drug-likeness (QED) is 0.284. The minimum absolute atomic E-state index is 0. The summed E-state index contributed by atoms with van der Waals surface area (Å²) in [5.74, 6) is 4.23. The van der Waals surface area contributed by atoms with E-state index in [1.165, 1.54) is 6.26 Å². The summed E-state index contributed by atoms with van der Waals surface area (Å²) in [5, 5.41) is 2.45. The Morgan fingerprint density at radius 2 is 1.83 bits per heavy atom. The van der Waals surface area contributed by atoms with Gasteiger partial charge in [-0.2, -0.15) is 0 Å². The number of hydrogen-bond donors (Lipinski definition) is 1. The van der Waals surface area contributed by atoms with Crippen LogP contribution in [0, 0.1) is 0 Å². The Kier molecular flexibility index (Phi) is 6.98. The predicted molar refractivity (Wildman–Crippen MR) is 47.4 cm³/mol. The van der Waals surface area contributed by atoms with E-state index in [1.807, 2.05) is 0 Å². The molecule has 0 unspecified atom stereocenters. The first-order chi connectivity index (χ1) is 5.02. The fraction of sp³-hybridized carbons (Fsp3) is 0.800.